The second-order valence-corrected chi connectivity index (χ2v) is 5.65. The molecular formula is C14H27N3O3. The van der Waals surface area contributed by atoms with Gasteiger partial charge in [0.05, 0.1) is 0 Å². The number of carbonyl (C=O) groups excluding carboxylic acids is 1. The molecule has 6 nitrogen and oxygen atoms in total. The van der Waals surface area contributed by atoms with E-state index in [2.05, 4.69) is 22.5 Å². The molecule has 6 heteroatoms. The second kappa shape index (κ2) is 8.09. The number of aliphatic carboxylic acids is 1. The van der Waals surface area contributed by atoms with Crippen LogP contribution in [0.3, 0.4) is 0 Å². The first-order chi connectivity index (χ1) is 9.45. The molecule has 20 heavy (non-hydrogen) atoms. The molecular weight excluding hydrogens is 258 g/mol. The summed E-state index contributed by atoms with van der Waals surface area (Å²) in [4.78, 5) is 25.3. The number of amides is 2. The Bertz CT molecular complexity index is 330. The van der Waals surface area contributed by atoms with E-state index in [0.717, 1.165) is 13.1 Å². The third kappa shape index (κ3) is 5.00. The van der Waals surface area contributed by atoms with Crippen LogP contribution in [0.1, 0.15) is 40.0 Å². The van der Waals surface area contributed by atoms with Gasteiger partial charge in [0.15, 0.2) is 0 Å². The van der Waals surface area contributed by atoms with Crippen molar-refractivity contribution in [3.05, 3.63) is 0 Å². The molecule has 2 amide bonds. The summed E-state index contributed by atoms with van der Waals surface area (Å²) in [6.07, 6.45) is 3.14. The van der Waals surface area contributed by atoms with Gasteiger partial charge >= 0.3 is 12.0 Å². The number of hydrogen-bond donors (Lipinski definition) is 3. The van der Waals surface area contributed by atoms with Crippen LogP contribution in [0.5, 0.6) is 0 Å². The van der Waals surface area contributed by atoms with E-state index >= 15 is 0 Å². The van der Waals surface area contributed by atoms with Crippen LogP contribution in [0.15, 0.2) is 0 Å². The smallest absolute Gasteiger partial charge is 0.326 e. The molecule has 1 fully saturated rings. The summed E-state index contributed by atoms with van der Waals surface area (Å²) in [6, 6.07) is -0.944. The summed E-state index contributed by atoms with van der Waals surface area (Å²) < 4.78 is 0. The average Bonchev–Trinajstić information content (AvgIpc) is 2.95. The molecule has 0 aliphatic carbocycles. The Balaban J connectivity index is 2.35. The lowest BCUT2D eigenvalue weighted by molar-refractivity contribution is -0.140. The van der Waals surface area contributed by atoms with E-state index < -0.39 is 18.0 Å². The number of rotatable bonds is 7. The van der Waals surface area contributed by atoms with Gasteiger partial charge in [0, 0.05) is 12.6 Å². The van der Waals surface area contributed by atoms with Gasteiger partial charge in [0.25, 0.3) is 0 Å². The van der Waals surface area contributed by atoms with Gasteiger partial charge in [-0.05, 0) is 38.8 Å². The van der Waals surface area contributed by atoms with Crippen molar-refractivity contribution in [1.82, 2.24) is 15.5 Å². The first-order valence-electron chi connectivity index (χ1n) is 7.47. The van der Waals surface area contributed by atoms with E-state index in [4.69, 9.17) is 5.11 Å². The zero-order chi connectivity index (χ0) is 15.1. The number of likely N-dealkylation sites (tertiary alicyclic amines) is 1. The molecule has 3 atom stereocenters. The molecule has 3 N–H and O–H groups in total. The lowest BCUT2D eigenvalue weighted by atomic mass is 9.99. The van der Waals surface area contributed by atoms with Crippen molar-refractivity contribution in [2.45, 2.75) is 52.1 Å². The van der Waals surface area contributed by atoms with E-state index in [9.17, 15) is 9.59 Å². The van der Waals surface area contributed by atoms with Crippen LogP contribution in [0.25, 0.3) is 0 Å². The van der Waals surface area contributed by atoms with Crippen molar-refractivity contribution in [2.24, 2.45) is 5.92 Å². The summed E-state index contributed by atoms with van der Waals surface area (Å²) in [6.45, 7) is 8.51. The molecule has 0 aromatic carbocycles. The molecule has 1 heterocycles. The number of carboxylic acids is 1. The summed E-state index contributed by atoms with van der Waals surface area (Å²) in [5.41, 5.74) is 0. The van der Waals surface area contributed by atoms with Crippen LogP contribution in [-0.4, -0.2) is 53.7 Å². The topological polar surface area (TPSA) is 81.7 Å². The molecule has 0 aromatic rings. The van der Waals surface area contributed by atoms with Crippen molar-refractivity contribution >= 4 is 12.0 Å². The Kier molecular flexibility index (Phi) is 6.78. The van der Waals surface area contributed by atoms with Gasteiger partial charge in [-0.1, -0.05) is 20.3 Å². The number of nitrogens with zero attached hydrogens (tertiary/aromatic N) is 1. The third-order valence-electron chi connectivity index (χ3n) is 4.09. The normalized spacial score (nSPS) is 20.1. The number of nitrogens with one attached hydrogen (secondary N) is 2. The maximum absolute atomic E-state index is 11.8. The van der Waals surface area contributed by atoms with E-state index in [1.807, 2.05) is 13.8 Å². The van der Waals surface area contributed by atoms with Crippen LogP contribution < -0.4 is 10.6 Å². The van der Waals surface area contributed by atoms with E-state index in [1.165, 1.54) is 12.8 Å². The van der Waals surface area contributed by atoms with E-state index in [-0.39, 0.29) is 12.0 Å². The molecule has 1 rings (SSSR count). The van der Waals surface area contributed by atoms with Gasteiger partial charge in [-0.15, -0.1) is 0 Å². The maximum atomic E-state index is 11.8. The first kappa shape index (κ1) is 16.8. The molecule has 1 aliphatic heterocycles. The molecule has 1 aliphatic rings. The van der Waals surface area contributed by atoms with Crippen molar-refractivity contribution < 1.29 is 14.7 Å². The Morgan fingerprint density at radius 1 is 1.25 bits per heavy atom. The Morgan fingerprint density at radius 2 is 1.85 bits per heavy atom. The van der Waals surface area contributed by atoms with Crippen LogP contribution in [-0.2, 0) is 4.79 Å². The highest BCUT2D eigenvalue weighted by molar-refractivity contribution is 5.82. The molecule has 2 unspecified atom stereocenters. The summed E-state index contributed by atoms with van der Waals surface area (Å²) in [7, 11) is 0. The quantitative estimate of drug-likeness (QED) is 0.658. The predicted molar refractivity (Wildman–Crippen MR) is 77.7 cm³/mol. The minimum atomic E-state index is -0.984. The van der Waals surface area contributed by atoms with E-state index in [1.54, 1.807) is 0 Å². The molecule has 0 aromatic heterocycles. The number of carbonyl (C=O) groups is 2. The van der Waals surface area contributed by atoms with Gasteiger partial charge in [-0.2, -0.15) is 0 Å². The molecule has 0 saturated carbocycles. The average molecular weight is 285 g/mol. The zero-order valence-corrected chi connectivity index (χ0v) is 12.7. The number of carboxylic acid groups (broad SMARTS) is 1. The third-order valence-corrected chi connectivity index (χ3v) is 4.09. The summed E-state index contributed by atoms with van der Waals surface area (Å²) in [5.74, 6) is -1.07. The van der Waals surface area contributed by atoms with Crippen LogP contribution in [0.4, 0.5) is 4.79 Å². The predicted octanol–water partition coefficient (Wildman–Crippen LogP) is 1.27. The first-order valence-corrected chi connectivity index (χ1v) is 7.47. The van der Waals surface area contributed by atoms with Gasteiger partial charge in [0.2, 0.25) is 0 Å². The Hall–Kier alpha value is -1.30. The van der Waals surface area contributed by atoms with Crippen molar-refractivity contribution in [3.63, 3.8) is 0 Å². The highest BCUT2D eigenvalue weighted by Crippen LogP contribution is 2.11. The largest absolute Gasteiger partial charge is 0.480 e. The molecule has 0 bridgehead atoms. The van der Waals surface area contributed by atoms with Gasteiger partial charge in [-0.3, -0.25) is 4.90 Å². The van der Waals surface area contributed by atoms with Crippen molar-refractivity contribution in [3.8, 4) is 0 Å². The summed E-state index contributed by atoms with van der Waals surface area (Å²) in [5, 5.41) is 14.4. The minimum absolute atomic E-state index is 0.0887. The minimum Gasteiger partial charge on any atom is -0.480 e. The molecule has 0 spiro atoms. The van der Waals surface area contributed by atoms with Gasteiger partial charge < -0.3 is 15.7 Å². The second-order valence-electron chi connectivity index (χ2n) is 5.65. The Labute approximate surface area is 120 Å². The highest BCUT2D eigenvalue weighted by atomic mass is 16.4. The molecule has 1 saturated heterocycles. The molecule has 0 radical (unpaired) electrons. The van der Waals surface area contributed by atoms with E-state index in [0.29, 0.717) is 13.0 Å². The number of urea groups is 1. The fourth-order valence-corrected chi connectivity index (χ4v) is 2.43. The highest BCUT2D eigenvalue weighted by Gasteiger charge is 2.25. The van der Waals surface area contributed by atoms with Crippen molar-refractivity contribution in [1.29, 1.82) is 0 Å². The zero-order valence-electron chi connectivity index (χ0n) is 12.7. The van der Waals surface area contributed by atoms with Crippen molar-refractivity contribution in [2.75, 3.05) is 19.6 Å². The van der Waals surface area contributed by atoms with Crippen LogP contribution >= 0.6 is 0 Å². The lowest BCUT2D eigenvalue weighted by Crippen LogP contribution is -2.51. The Morgan fingerprint density at radius 3 is 2.35 bits per heavy atom. The van der Waals surface area contributed by atoms with Gasteiger partial charge in [-0.25, -0.2) is 9.59 Å². The van der Waals surface area contributed by atoms with Crippen LogP contribution in [0, 0.1) is 5.92 Å². The standard InChI is InChI=1S/C14H27N3O3/c1-4-10(2)12(13(18)19)16-14(20)15-9-11(3)17-7-5-6-8-17/h10-12H,4-9H2,1-3H3,(H,18,19)(H2,15,16,20)/t10?,11?,12-/m0/s1. The fraction of sp³-hybridized carbons (Fsp3) is 0.857. The maximum Gasteiger partial charge on any atom is 0.326 e. The molecule has 116 valence electrons. The van der Waals surface area contributed by atoms with Gasteiger partial charge in [0.1, 0.15) is 6.04 Å². The fourth-order valence-electron chi connectivity index (χ4n) is 2.43. The lowest BCUT2D eigenvalue weighted by Gasteiger charge is -2.25. The van der Waals surface area contributed by atoms with Crippen LogP contribution in [0.2, 0.25) is 0 Å². The number of hydrogen-bond acceptors (Lipinski definition) is 3. The monoisotopic (exact) mass is 285 g/mol. The SMILES string of the molecule is CCC(C)[C@H](NC(=O)NCC(C)N1CCCC1)C(=O)O. The summed E-state index contributed by atoms with van der Waals surface area (Å²) >= 11 is 0.